The second-order valence-corrected chi connectivity index (χ2v) is 7.89. The third kappa shape index (κ3) is 2.63. The van der Waals surface area contributed by atoms with Gasteiger partial charge in [0.1, 0.15) is 6.61 Å². The number of piperidine rings is 1. The van der Waals surface area contributed by atoms with Crippen LogP contribution in [0.15, 0.2) is 30.3 Å². The number of hydrogen-bond acceptors (Lipinski definition) is 2. The molecule has 1 saturated carbocycles. The zero-order chi connectivity index (χ0) is 16.0. The van der Waals surface area contributed by atoms with Gasteiger partial charge in [0.25, 0.3) is 0 Å². The lowest BCUT2D eigenvalue weighted by molar-refractivity contribution is -0.153. The van der Waals surface area contributed by atoms with E-state index in [0.29, 0.717) is 24.0 Å². The average molecular weight is 314 g/mol. The number of fused-ring (bicyclic) bond motifs is 3. The minimum atomic E-state index is 0.0837. The second-order valence-electron chi connectivity index (χ2n) is 7.89. The lowest BCUT2D eigenvalue weighted by atomic mass is 9.82. The molecular weight excluding hydrogens is 288 g/mol. The summed E-state index contributed by atoms with van der Waals surface area (Å²) in [5.74, 6) is 0.624. The molecule has 1 aromatic rings. The van der Waals surface area contributed by atoms with Crippen LogP contribution in [0.2, 0.25) is 0 Å². The summed E-state index contributed by atoms with van der Waals surface area (Å²) in [6, 6.07) is 10.8. The zero-order valence-corrected chi connectivity index (χ0v) is 14.1. The Bertz CT molecular complexity index is 582. The fourth-order valence-corrected chi connectivity index (χ4v) is 4.38. The van der Waals surface area contributed by atoms with Crippen LogP contribution in [0.1, 0.15) is 45.1 Å². The highest BCUT2D eigenvalue weighted by atomic mass is 16.7. The molecule has 23 heavy (non-hydrogen) atoms. The lowest BCUT2D eigenvalue weighted by Gasteiger charge is -2.37. The molecule has 1 aromatic carbocycles. The Hall–Kier alpha value is -1.55. The fraction of sp³-hybridized carbons (Fsp3) is 0.632. The van der Waals surface area contributed by atoms with Crippen LogP contribution < -0.4 is 0 Å². The Labute approximate surface area is 138 Å². The van der Waals surface area contributed by atoms with E-state index in [2.05, 4.69) is 18.7 Å². The number of carbonyl (C=O) groups is 1. The molecule has 1 aliphatic carbocycles. The Balaban J connectivity index is 1.50. The van der Waals surface area contributed by atoms with E-state index in [0.717, 1.165) is 24.9 Å². The number of nitrogens with zero attached hydrogens (tertiary/aromatic N) is 2. The van der Waals surface area contributed by atoms with E-state index >= 15 is 0 Å². The molecule has 4 nitrogen and oxygen atoms in total. The SMILES string of the molecule is CC(C)C[C@@H]1CC2(CC2)[C@@H]2CN1C(=O)N2OCc1ccccc1. The average Bonchev–Trinajstić information content (AvgIpc) is 3.22. The molecule has 2 atom stereocenters. The minimum absolute atomic E-state index is 0.0837. The second kappa shape index (κ2) is 5.52. The van der Waals surface area contributed by atoms with Gasteiger partial charge in [-0.3, -0.25) is 4.84 Å². The summed E-state index contributed by atoms with van der Waals surface area (Å²) < 4.78 is 0. The number of carbonyl (C=O) groups excluding carboxylic acids is 1. The number of amides is 2. The van der Waals surface area contributed by atoms with E-state index in [1.165, 1.54) is 12.8 Å². The number of benzene rings is 1. The maximum atomic E-state index is 12.8. The van der Waals surface area contributed by atoms with Gasteiger partial charge in [-0.05, 0) is 42.6 Å². The topological polar surface area (TPSA) is 32.8 Å². The molecule has 3 aliphatic rings. The van der Waals surface area contributed by atoms with Crippen LogP contribution in [0, 0.1) is 11.3 Å². The molecule has 0 unspecified atom stereocenters. The molecule has 4 heteroatoms. The summed E-state index contributed by atoms with van der Waals surface area (Å²) in [5.41, 5.74) is 1.44. The quantitative estimate of drug-likeness (QED) is 0.827. The van der Waals surface area contributed by atoms with Gasteiger partial charge in [-0.25, -0.2) is 4.79 Å². The number of hydroxylamine groups is 2. The molecular formula is C19H26N2O2. The Kier molecular flexibility index (Phi) is 3.60. The van der Waals surface area contributed by atoms with E-state index in [1.807, 2.05) is 30.3 Å². The van der Waals surface area contributed by atoms with Crippen molar-refractivity contribution in [2.24, 2.45) is 11.3 Å². The van der Waals surface area contributed by atoms with Gasteiger partial charge < -0.3 is 4.90 Å². The predicted octanol–water partition coefficient (Wildman–Crippen LogP) is 3.82. The monoisotopic (exact) mass is 314 g/mol. The van der Waals surface area contributed by atoms with Crippen LogP contribution in [0.3, 0.4) is 0 Å². The molecule has 2 aliphatic heterocycles. The first-order valence-corrected chi connectivity index (χ1v) is 8.86. The third-order valence-electron chi connectivity index (χ3n) is 5.73. The van der Waals surface area contributed by atoms with Crippen molar-refractivity contribution in [1.29, 1.82) is 0 Å². The first-order chi connectivity index (χ1) is 11.1. The van der Waals surface area contributed by atoms with E-state index in [9.17, 15) is 4.79 Å². The molecule has 0 N–H and O–H groups in total. The van der Waals surface area contributed by atoms with Crippen molar-refractivity contribution in [2.45, 2.75) is 58.2 Å². The molecule has 0 aromatic heterocycles. The van der Waals surface area contributed by atoms with Crippen molar-refractivity contribution in [3.05, 3.63) is 35.9 Å². The molecule has 2 heterocycles. The van der Waals surface area contributed by atoms with Gasteiger partial charge in [-0.1, -0.05) is 44.2 Å². The first-order valence-electron chi connectivity index (χ1n) is 8.86. The number of rotatable bonds is 5. The maximum Gasteiger partial charge on any atom is 0.344 e. The molecule has 2 amide bonds. The van der Waals surface area contributed by atoms with Crippen molar-refractivity contribution in [2.75, 3.05) is 6.54 Å². The highest BCUT2D eigenvalue weighted by Gasteiger charge is 2.62. The van der Waals surface area contributed by atoms with Gasteiger partial charge in [-0.2, -0.15) is 5.06 Å². The summed E-state index contributed by atoms with van der Waals surface area (Å²) in [5, 5.41) is 1.71. The fourth-order valence-electron chi connectivity index (χ4n) is 4.38. The smallest absolute Gasteiger partial charge is 0.318 e. The Morgan fingerprint density at radius 2 is 2.00 bits per heavy atom. The van der Waals surface area contributed by atoms with Crippen molar-refractivity contribution < 1.29 is 9.63 Å². The molecule has 2 bridgehead atoms. The summed E-state index contributed by atoms with van der Waals surface area (Å²) in [6.45, 7) is 5.82. The zero-order valence-electron chi connectivity index (χ0n) is 14.1. The highest BCUT2D eigenvalue weighted by Crippen LogP contribution is 2.59. The van der Waals surface area contributed by atoms with Gasteiger partial charge in [0.15, 0.2) is 0 Å². The van der Waals surface area contributed by atoms with Gasteiger partial charge in [-0.15, -0.1) is 0 Å². The van der Waals surface area contributed by atoms with E-state index < -0.39 is 0 Å². The standard InChI is InChI=1S/C19H26N2O2/c1-14(2)10-16-11-19(8-9-19)17-12-20(16)18(22)21(17)23-13-15-6-4-3-5-7-15/h3-7,14,16-17H,8-13H2,1-2H3/t16-,17+/m1/s1. The minimum Gasteiger partial charge on any atom is -0.318 e. The Morgan fingerprint density at radius 3 is 2.65 bits per heavy atom. The highest BCUT2D eigenvalue weighted by molar-refractivity contribution is 5.77. The van der Waals surface area contributed by atoms with Crippen molar-refractivity contribution >= 4 is 6.03 Å². The first kappa shape index (κ1) is 15.0. The summed E-state index contributed by atoms with van der Waals surface area (Å²) in [7, 11) is 0. The predicted molar refractivity (Wildman–Crippen MR) is 88.5 cm³/mol. The number of hydrogen-bond donors (Lipinski definition) is 0. The molecule has 3 fully saturated rings. The largest absolute Gasteiger partial charge is 0.344 e. The van der Waals surface area contributed by atoms with Gasteiger partial charge in [0.2, 0.25) is 0 Å². The van der Waals surface area contributed by atoms with Crippen LogP contribution in [0.25, 0.3) is 0 Å². The van der Waals surface area contributed by atoms with E-state index in [-0.39, 0.29) is 12.1 Å². The van der Waals surface area contributed by atoms with Crippen LogP contribution >= 0.6 is 0 Å². The third-order valence-corrected chi connectivity index (χ3v) is 5.73. The van der Waals surface area contributed by atoms with E-state index in [1.54, 1.807) is 5.06 Å². The van der Waals surface area contributed by atoms with Crippen molar-refractivity contribution in [3.63, 3.8) is 0 Å². The number of urea groups is 1. The van der Waals surface area contributed by atoms with Gasteiger partial charge in [0.05, 0.1) is 6.04 Å². The van der Waals surface area contributed by atoms with Crippen LogP contribution in [0.5, 0.6) is 0 Å². The van der Waals surface area contributed by atoms with E-state index in [4.69, 9.17) is 4.84 Å². The van der Waals surface area contributed by atoms with Gasteiger partial charge >= 0.3 is 6.03 Å². The molecule has 4 rings (SSSR count). The summed E-state index contributed by atoms with van der Waals surface area (Å²) in [6.07, 6.45) is 4.76. The maximum absolute atomic E-state index is 12.8. The van der Waals surface area contributed by atoms with Crippen molar-refractivity contribution in [3.8, 4) is 0 Å². The molecule has 124 valence electrons. The Morgan fingerprint density at radius 1 is 1.26 bits per heavy atom. The summed E-state index contributed by atoms with van der Waals surface area (Å²) >= 11 is 0. The summed E-state index contributed by atoms with van der Waals surface area (Å²) in [4.78, 5) is 20.9. The molecule has 1 spiro atoms. The van der Waals surface area contributed by atoms with Crippen LogP contribution in [0.4, 0.5) is 4.79 Å². The van der Waals surface area contributed by atoms with Crippen molar-refractivity contribution in [1.82, 2.24) is 9.96 Å². The molecule has 0 radical (unpaired) electrons. The van der Waals surface area contributed by atoms with Crippen LogP contribution in [-0.2, 0) is 11.4 Å². The molecule has 2 saturated heterocycles. The normalized spacial score (nSPS) is 28.0. The lowest BCUT2D eigenvalue weighted by Crippen LogP contribution is -2.46. The van der Waals surface area contributed by atoms with Gasteiger partial charge in [0, 0.05) is 12.6 Å². The van der Waals surface area contributed by atoms with Crippen LogP contribution in [-0.4, -0.2) is 34.6 Å².